The van der Waals surface area contributed by atoms with Crippen LogP contribution in [0.3, 0.4) is 0 Å². The number of ether oxygens (including phenoxy) is 1. The van der Waals surface area contributed by atoms with Gasteiger partial charge >= 0.3 is 0 Å². The van der Waals surface area contributed by atoms with Crippen molar-refractivity contribution in [2.24, 2.45) is 4.99 Å². The van der Waals surface area contributed by atoms with E-state index in [-0.39, 0.29) is 5.82 Å². The van der Waals surface area contributed by atoms with Gasteiger partial charge in [0.2, 0.25) is 0 Å². The van der Waals surface area contributed by atoms with Crippen molar-refractivity contribution in [1.82, 2.24) is 4.90 Å². The van der Waals surface area contributed by atoms with Gasteiger partial charge in [0.15, 0.2) is 0 Å². The Morgan fingerprint density at radius 2 is 1.96 bits per heavy atom. The Balaban J connectivity index is 1.98. The Labute approximate surface area is 155 Å². The molecule has 0 fully saturated rings. The summed E-state index contributed by atoms with van der Waals surface area (Å²) in [4.78, 5) is 6.51. The fourth-order valence-corrected chi connectivity index (χ4v) is 3.64. The van der Waals surface area contributed by atoms with Gasteiger partial charge in [-0.15, -0.1) is 0 Å². The predicted molar refractivity (Wildman–Crippen MR) is 104 cm³/mol. The number of benzene rings is 2. The molecule has 0 aromatic heterocycles. The van der Waals surface area contributed by atoms with Crippen molar-refractivity contribution < 1.29 is 9.13 Å². The van der Waals surface area contributed by atoms with E-state index in [4.69, 9.17) is 4.74 Å². The molecular weight excluding hydrogens is 327 g/mol. The highest BCUT2D eigenvalue weighted by Gasteiger charge is 2.41. The van der Waals surface area contributed by atoms with Gasteiger partial charge in [0.1, 0.15) is 11.4 Å². The molecule has 1 atom stereocenters. The standard InChI is InChI=1S/C22H27FN2O/c1-4-24-15-17-6-11-21-18(14-17)16-26-22(21,12-5-13-25(2)3)19-7-9-20(23)10-8-19/h6-11,14-15H,4-5,12-13,16H2,1-3H3/b24-15+. The molecule has 1 aliphatic rings. The lowest BCUT2D eigenvalue weighted by molar-refractivity contribution is -0.0140. The van der Waals surface area contributed by atoms with E-state index in [1.807, 2.05) is 25.3 Å². The third kappa shape index (κ3) is 3.87. The molecule has 0 spiro atoms. The number of hydrogen-bond donors (Lipinski definition) is 0. The van der Waals surface area contributed by atoms with E-state index in [0.717, 1.165) is 37.1 Å². The number of fused-ring (bicyclic) bond motifs is 1. The molecule has 26 heavy (non-hydrogen) atoms. The maximum atomic E-state index is 13.5. The summed E-state index contributed by atoms with van der Waals surface area (Å²) in [6.45, 7) is 4.36. The Kier molecular flexibility index (Phi) is 5.84. The second-order valence-corrected chi connectivity index (χ2v) is 7.07. The minimum Gasteiger partial charge on any atom is -0.361 e. The molecule has 0 aliphatic carbocycles. The number of rotatable bonds is 7. The fraction of sp³-hybridized carbons (Fsp3) is 0.409. The van der Waals surface area contributed by atoms with Crippen molar-refractivity contribution in [3.05, 3.63) is 70.5 Å². The van der Waals surface area contributed by atoms with Gasteiger partial charge in [-0.1, -0.05) is 24.3 Å². The summed E-state index contributed by atoms with van der Waals surface area (Å²) < 4.78 is 19.9. The van der Waals surface area contributed by atoms with Gasteiger partial charge < -0.3 is 9.64 Å². The molecule has 1 aliphatic heterocycles. The normalized spacial score (nSPS) is 19.4. The monoisotopic (exact) mass is 354 g/mol. The molecule has 0 saturated heterocycles. The van der Waals surface area contributed by atoms with Crippen LogP contribution in [0.5, 0.6) is 0 Å². The summed E-state index contributed by atoms with van der Waals surface area (Å²) in [5, 5.41) is 0. The van der Waals surface area contributed by atoms with E-state index < -0.39 is 5.60 Å². The van der Waals surface area contributed by atoms with Gasteiger partial charge in [-0.2, -0.15) is 0 Å². The first-order chi connectivity index (χ1) is 12.5. The number of nitrogens with zero attached hydrogens (tertiary/aromatic N) is 2. The van der Waals surface area contributed by atoms with Crippen molar-refractivity contribution in [3.63, 3.8) is 0 Å². The molecule has 0 saturated carbocycles. The SMILES string of the molecule is CC/N=C/c1ccc2c(c1)COC2(CCCN(C)C)c1ccc(F)cc1. The Hall–Kier alpha value is -2.04. The lowest BCUT2D eigenvalue weighted by atomic mass is 9.81. The molecule has 0 N–H and O–H groups in total. The Morgan fingerprint density at radius 3 is 2.65 bits per heavy atom. The second-order valence-electron chi connectivity index (χ2n) is 7.07. The Bertz CT molecular complexity index is 770. The van der Waals surface area contributed by atoms with Crippen LogP contribution in [0.2, 0.25) is 0 Å². The largest absolute Gasteiger partial charge is 0.361 e. The van der Waals surface area contributed by atoms with Crippen LogP contribution in [0.15, 0.2) is 47.5 Å². The van der Waals surface area contributed by atoms with Crippen LogP contribution in [-0.4, -0.2) is 38.3 Å². The van der Waals surface area contributed by atoms with Crippen LogP contribution in [0.25, 0.3) is 0 Å². The smallest absolute Gasteiger partial charge is 0.123 e. The maximum Gasteiger partial charge on any atom is 0.123 e. The molecule has 0 amide bonds. The predicted octanol–water partition coefficient (Wildman–Crippen LogP) is 4.38. The van der Waals surface area contributed by atoms with E-state index in [0.29, 0.717) is 6.61 Å². The highest BCUT2D eigenvalue weighted by atomic mass is 19.1. The van der Waals surface area contributed by atoms with Gasteiger partial charge in [0, 0.05) is 12.8 Å². The van der Waals surface area contributed by atoms with Gasteiger partial charge in [-0.25, -0.2) is 4.39 Å². The van der Waals surface area contributed by atoms with E-state index in [2.05, 4.69) is 42.2 Å². The molecule has 138 valence electrons. The molecule has 1 heterocycles. The first kappa shape index (κ1) is 18.7. The topological polar surface area (TPSA) is 24.8 Å². The molecule has 2 aromatic carbocycles. The number of aliphatic imine (C=N–C) groups is 1. The van der Waals surface area contributed by atoms with Crippen LogP contribution < -0.4 is 0 Å². The van der Waals surface area contributed by atoms with Crippen LogP contribution in [0.1, 0.15) is 42.0 Å². The van der Waals surface area contributed by atoms with Gasteiger partial charge in [-0.05, 0) is 80.9 Å². The molecule has 3 rings (SSSR count). The highest BCUT2D eigenvalue weighted by molar-refractivity contribution is 5.80. The van der Waals surface area contributed by atoms with E-state index in [1.165, 1.54) is 23.3 Å². The summed E-state index contributed by atoms with van der Waals surface area (Å²) >= 11 is 0. The minimum absolute atomic E-state index is 0.221. The van der Waals surface area contributed by atoms with Gasteiger partial charge in [0.25, 0.3) is 0 Å². The average Bonchev–Trinajstić information content (AvgIpc) is 2.99. The summed E-state index contributed by atoms with van der Waals surface area (Å²) in [5.41, 5.74) is 4.00. The van der Waals surface area contributed by atoms with E-state index >= 15 is 0 Å². The fourth-order valence-electron chi connectivity index (χ4n) is 3.64. The summed E-state index contributed by atoms with van der Waals surface area (Å²) in [5.74, 6) is -0.221. The van der Waals surface area contributed by atoms with Crippen molar-refractivity contribution in [1.29, 1.82) is 0 Å². The summed E-state index contributed by atoms with van der Waals surface area (Å²) in [6, 6.07) is 13.2. The first-order valence-electron chi connectivity index (χ1n) is 9.23. The molecular formula is C22H27FN2O. The zero-order valence-electron chi connectivity index (χ0n) is 15.8. The zero-order valence-corrected chi connectivity index (χ0v) is 15.8. The quantitative estimate of drug-likeness (QED) is 0.689. The van der Waals surface area contributed by atoms with Crippen molar-refractivity contribution in [2.45, 2.75) is 32.0 Å². The van der Waals surface area contributed by atoms with Gasteiger partial charge in [-0.3, -0.25) is 4.99 Å². The maximum absolute atomic E-state index is 13.5. The van der Waals surface area contributed by atoms with Crippen LogP contribution >= 0.6 is 0 Å². The number of halogens is 1. The molecule has 2 aromatic rings. The second kappa shape index (κ2) is 8.11. The van der Waals surface area contributed by atoms with Crippen molar-refractivity contribution in [3.8, 4) is 0 Å². The Morgan fingerprint density at radius 1 is 1.19 bits per heavy atom. The lowest BCUT2D eigenvalue weighted by Gasteiger charge is -2.31. The number of hydrogen-bond acceptors (Lipinski definition) is 3. The van der Waals surface area contributed by atoms with Crippen LogP contribution in [0.4, 0.5) is 4.39 Å². The van der Waals surface area contributed by atoms with Gasteiger partial charge in [0.05, 0.1) is 6.61 Å². The molecule has 4 heteroatoms. The van der Waals surface area contributed by atoms with Crippen LogP contribution in [-0.2, 0) is 16.9 Å². The summed E-state index contributed by atoms with van der Waals surface area (Å²) in [7, 11) is 4.15. The molecule has 1 unspecified atom stereocenters. The average molecular weight is 354 g/mol. The van der Waals surface area contributed by atoms with Crippen molar-refractivity contribution >= 4 is 6.21 Å². The minimum atomic E-state index is -0.501. The molecule has 3 nitrogen and oxygen atoms in total. The third-order valence-corrected chi connectivity index (χ3v) is 4.91. The molecule has 0 bridgehead atoms. The van der Waals surface area contributed by atoms with Crippen LogP contribution in [0, 0.1) is 5.82 Å². The first-order valence-corrected chi connectivity index (χ1v) is 9.23. The summed E-state index contributed by atoms with van der Waals surface area (Å²) in [6.07, 6.45) is 3.78. The van der Waals surface area contributed by atoms with E-state index in [9.17, 15) is 4.39 Å². The van der Waals surface area contributed by atoms with Crippen molar-refractivity contribution in [2.75, 3.05) is 27.2 Å². The lowest BCUT2D eigenvalue weighted by Crippen LogP contribution is -2.28. The molecule has 0 radical (unpaired) electrons. The van der Waals surface area contributed by atoms with E-state index in [1.54, 1.807) is 0 Å². The zero-order chi connectivity index (χ0) is 18.6. The highest BCUT2D eigenvalue weighted by Crippen LogP contribution is 2.45. The third-order valence-electron chi connectivity index (χ3n) is 4.91.